The van der Waals surface area contributed by atoms with Crippen molar-refractivity contribution < 1.29 is 27.4 Å². The van der Waals surface area contributed by atoms with Crippen LogP contribution in [0.25, 0.3) is 0 Å². The fraction of sp³-hybridized carbons (Fsp3) is 0.588. The molecule has 4 nitrogen and oxygen atoms in total. The molecule has 2 fully saturated rings. The summed E-state index contributed by atoms with van der Waals surface area (Å²) < 4.78 is 49.4. The van der Waals surface area contributed by atoms with Gasteiger partial charge in [-0.05, 0) is 30.9 Å². The minimum absolute atomic E-state index is 0.0485. The Morgan fingerprint density at radius 3 is 2.67 bits per heavy atom. The van der Waals surface area contributed by atoms with Gasteiger partial charge in [0.2, 0.25) is 5.91 Å². The van der Waals surface area contributed by atoms with E-state index in [-0.39, 0.29) is 18.4 Å². The van der Waals surface area contributed by atoms with E-state index in [9.17, 15) is 18.0 Å². The van der Waals surface area contributed by atoms with Crippen molar-refractivity contribution in [2.24, 2.45) is 0 Å². The Hall–Kier alpha value is -1.60. The maximum atomic E-state index is 12.8. The van der Waals surface area contributed by atoms with Gasteiger partial charge >= 0.3 is 6.18 Å². The van der Waals surface area contributed by atoms with Gasteiger partial charge in [0.05, 0.1) is 31.2 Å². The number of carbonyl (C=O) groups excluding carboxylic acids is 1. The summed E-state index contributed by atoms with van der Waals surface area (Å²) in [6, 6.07) is 4.79. The van der Waals surface area contributed by atoms with Gasteiger partial charge in [-0.15, -0.1) is 0 Å². The molecule has 0 spiro atoms. The van der Waals surface area contributed by atoms with E-state index in [0.29, 0.717) is 25.3 Å². The second-order valence-electron chi connectivity index (χ2n) is 6.14. The van der Waals surface area contributed by atoms with Gasteiger partial charge in [0.25, 0.3) is 0 Å². The Kier molecular flexibility index (Phi) is 5.10. The smallest absolute Gasteiger partial charge is 0.348 e. The van der Waals surface area contributed by atoms with Gasteiger partial charge in [0, 0.05) is 6.54 Å². The van der Waals surface area contributed by atoms with E-state index < -0.39 is 18.0 Å². The zero-order chi connectivity index (χ0) is 17.2. The Balaban J connectivity index is 1.71. The van der Waals surface area contributed by atoms with Gasteiger partial charge in [-0.25, -0.2) is 0 Å². The van der Waals surface area contributed by atoms with Crippen molar-refractivity contribution in [1.29, 1.82) is 0 Å². The van der Waals surface area contributed by atoms with E-state index in [1.807, 2.05) is 0 Å². The Morgan fingerprint density at radius 1 is 1.21 bits per heavy atom. The molecule has 7 heteroatoms. The lowest BCUT2D eigenvalue weighted by atomic mass is 9.99. The molecule has 2 heterocycles. The normalized spacial score (nSPS) is 22.8. The molecule has 0 saturated carbocycles. The summed E-state index contributed by atoms with van der Waals surface area (Å²) in [6.07, 6.45) is -2.21. The lowest BCUT2D eigenvalue weighted by Crippen LogP contribution is -2.50. The largest absolute Gasteiger partial charge is 0.416 e. The topological polar surface area (TPSA) is 38.8 Å². The summed E-state index contributed by atoms with van der Waals surface area (Å²) in [5.74, 6) is -0.182. The average molecular weight is 343 g/mol. The van der Waals surface area contributed by atoms with Crippen molar-refractivity contribution in [1.82, 2.24) is 4.90 Å². The minimum atomic E-state index is -4.40. The standard InChI is InChI=1S/C17H20F3NO3/c18-17(19,20)13-5-3-4-12(10-13)11-15(22)21-7-2-1-6-14(21)16-23-8-9-24-16/h3-5,10,14,16H,1-2,6-9,11H2/t14-/m1/s1. The lowest BCUT2D eigenvalue weighted by molar-refractivity contribution is -0.150. The number of rotatable bonds is 3. The quantitative estimate of drug-likeness (QED) is 0.847. The third-order valence-electron chi connectivity index (χ3n) is 4.44. The highest BCUT2D eigenvalue weighted by Crippen LogP contribution is 2.30. The molecule has 2 aliphatic rings. The summed E-state index contributed by atoms with van der Waals surface area (Å²) in [5, 5.41) is 0. The molecule has 0 unspecified atom stereocenters. The van der Waals surface area contributed by atoms with Gasteiger partial charge in [0.1, 0.15) is 0 Å². The molecule has 1 aromatic rings. The van der Waals surface area contributed by atoms with Crippen molar-refractivity contribution in [3.05, 3.63) is 35.4 Å². The number of hydrogen-bond donors (Lipinski definition) is 0. The summed E-state index contributed by atoms with van der Waals surface area (Å²) in [6.45, 7) is 1.61. The first-order valence-corrected chi connectivity index (χ1v) is 8.14. The number of likely N-dealkylation sites (tertiary alicyclic amines) is 1. The number of ether oxygens (including phenoxy) is 2. The molecule has 2 aliphatic heterocycles. The molecule has 0 bridgehead atoms. The van der Waals surface area contributed by atoms with Crippen LogP contribution in [0.5, 0.6) is 0 Å². The number of hydrogen-bond acceptors (Lipinski definition) is 3. The van der Waals surface area contributed by atoms with Crippen LogP contribution in [0.1, 0.15) is 30.4 Å². The fourth-order valence-electron chi connectivity index (χ4n) is 3.28. The maximum Gasteiger partial charge on any atom is 0.416 e. The van der Waals surface area contributed by atoms with Crippen LogP contribution in [0.4, 0.5) is 13.2 Å². The van der Waals surface area contributed by atoms with E-state index in [0.717, 1.165) is 31.4 Å². The van der Waals surface area contributed by atoms with Crippen molar-refractivity contribution in [2.45, 2.75) is 44.2 Å². The van der Waals surface area contributed by atoms with E-state index >= 15 is 0 Å². The average Bonchev–Trinajstić information content (AvgIpc) is 3.08. The van der Waals surface area contributed by atoms with E-state index in [1.165, 1.54) is 6.07 Å². The first-order chi connectivity index (χ1) is 11.4. The van der Waals surface area contributed by atoms with E-state index in [1.54, 1.807) is 11.0 Å². The van der Waals surface area contributed by atoms with Crippen LogP contribution in [0.3, 0.4) is 0 Å². The number of halogens is 3. The maximum absolute atomic E-state index is 12.8. The number of amides is 1. The van der Waals surface area contributed by atoms with Gasteiger partial charge in [-0.3, -0.25) is 4.79 Å². The number of benzene rings is 1. The van der Waals surface area contributed by atoms with Crippen LogP contribution < -0.4 is 0 Å². The molecular weight excluding hydrogens is 323 g/mol. The number of nitrogens with zero attached hydrogens (tertiary/aromatic N) is 1. The van der Waals surface area contributed by atoms with E-state index in [2.05, 4.69) is 0 Å². The molecule has 1 aromatic carbocycles. The molecule has 0 N–H and O–H groups in total. The number of alkyl halides is 3. The van der Waals surface area contributed by atoms with Crippen molar-refractivity contribution in [3.8, 4) is 0 Å². The zero-order valence-corrected chi connectivity index (χ0v) is 13.2. The highest BCUT2D eigenvalue weighted by molar-refractivity contribution is 5.79. The highest BCUT2D eigenvalue weighted by Gasteiger charge is 2.36. The highest BCUT2D eigenvalue weighted by atomic mass is 19.4. The van der Waals surface area contributed by atoms with Crippen LogP contribution in [-0.4, -0.2) is 42.9 Å². The van der Waals surface area contributed by atoms with Crippen LogP contribution in [0, 0.1) is 0 Å². The predicted octanol–water partition coefficient (Wildman–Crippen LogP) is 3.00. The Bertz CT molecular complexity index is 585. The second kappa shape index (κ2) is 7.11. The van der Waals surface area contributed by atoms with Crippen LogP contribution in [-0.2, 0) is 26.9 Å². The van der Waals surface area contributed by atoms with Gasteiger partial charge < -0.3 is 14.4 Å². The first kappa shape index (κ1) is 17.2. The molecule has 2 saturated heterocycles. The summed E-state index contributed by atoms with van der Waals surface area (Å²) in [5.41, 5.74) is -0.363. The monoisotopic (exact) mass is 343 g/mol. The third kappa shape index (κ3) is 3.89. The molecule has 24 heavy (non-hydrogen) atoms. The summed E-state index contributed by atoms with van der Waals surface area (Å²) >= 11 is 0. The predicted molar refractivity (Wildman–Crippen MR) is 80.2 cm³/mol. The SMILES string of the molecule is O=C(Cc1cccc(C(F)(F)F)c1)N1CCCC[C@@H]1C1OCCO1. The minimum Gasteiger partial charge on any atom is -0.348 e. The number of piperidine rings is 1. The molecule has 1 atom stereocenters. The molecule has 132 valence electrons. The van der Waals surface area contributed by atoms with Crippen LogP contribution in [0.2, 0.25) is 0 Å². The summed E-state index contributed by atoms with van der Waals surface area (Å²) in [4.78, 5) is 14.3. The molecule has 0 radical (unpaired) electrons. The lowest BCUT2D eigenvalue weighted by Gasteiger charge is -2.38. The van der Waals surface area contributed by atoms with E-state index in [4.69, 9.17) is 9.47 Å². The Morgan fingerprint density at radius 2 is 1.96 bits per heavy atom. The molecule has 0 aliphatic carbocycles. The van der Waals surface area contributed by atoms with Gasteiger partial charge in [-0.1, -0.05) is 18.2 Å². The zero-order valence-electron chi connectivity index (χ0n) is 13.2. The Labute approximate surface area is 138 Å². The summed E-state index contributed by atoms with van der Waals surface area (Å²) in [7, 11) is 0. The van der Waals surface area contributed by atoms with Gasteiger partial charge in [-0.2, -0.15) is 13.2 Å². The van der Waals surface area contributed by atoms with Crippen LogP contribution in [0.15, 0.2) is 24.3 Å². The molecular formula is C17H20F3NO3. The number of carbonyl (C=O) groups is 1. The molecule has 1 amide bonds. The van der Waals surface area contributed by atoms with Crippen molar-refractivity contribution in [2.75, 3.05) is 19.8 Å². The third-order valence-corrected chi connectivity index (χ3v) is 4.44. The van der Waals surface area contributed by atoms with Crippen molar-refractivity contribution in [3.63, 3.8) is 0 Å². The first-order valence-electron chi connectivity index (χ1n) is 8.14. The molecule has 0 aromatic heterocycles. The van der Waals surface area contributed by atoms with Crippen molar-refractivity contribution >= 4 is 5.91 Å². The molecule has 3 rings (SSSR count). The second-order valence-corrected chi connectivity index (χ2v) is 6.14. The van der Waals surface area contributed by atoms with Crippen LogP contribution >= 0.6 is 0 Å². The van der Waals surface area contributed by atoms with Gasteiger partial charge in [0.15, 0.2) is 6.29 Å². The fourth-order valence-corrected chi connectivity index (χ4v) is 3.28.